The maximum atomic E-state index is 6.56. The Morgan fingerprint density at radius 3 is 1.73 bits per heavy atom. The van der Waals surface area contributed by atoms with Gasteiger partial charge in [0.15, 0.2) is 28.9 Å². The Labute approximate surface area is 359 Å². The van der Waals surface area contributed by atoms with Crippen molar-refractivity contribution in [1.29, 1.82) is 0 Å². The molecule has 13 rings (SSSR count). The Hall–Kier alpha value is -8.75. The monoisotopic (exact) mass is 808 g/mol. The van der Waals surface area contributed by atoms with Gasteiger partial charge in [0, 0.05) is 60.4 Å². The summed E-state index contributed by atoms with van der Waals surface area (Å²) in [5, 5.41) is 5.00. The highest BCUT2D eigenvalue weighted by Gasteiger charge is 2.22. The number of hydrogen-bond donors (Lipinski definition) is 0. The van der Waals surface area contributed by atoms with E-state index >= 15 is 0 Å². The minimum atomic E-state index is 0.539. The molecule has 0 bridgehead atoms. The summed E-state index contributed by atoms with van der Waals surface area (Å²) < 4.78 is 15.4. The van der Waals surface area contributed by atoms with Crippen molar-refractivity contribution in [3.05, 3.63) is 194 Å². The summed E-state index contributed by atoms with van der Waals surface area (Å²) in [6, 6.07) is 65.8. The van der Waals surface area contributed by atoms with E-state index in [4.69, 9.17) is 33.8 Å². The maximum Gasteiger partial charge on any atom is 0.180 e. The first-order chi connectivity index (χ1) is 31.2. The molecule has 0 amide bonds. The van der Waals surface area contributed by atoms with E-state index in [-0.39, 0.29) is 0 Å². The third-order valence-electron chi connectivity index (χ3n) is 11.9. The van der Waals surface area contributed by atoms with Crippen LogP contribution in [0, 0.1) is 0 Å². The third kappa shape index (κ3) is 5.66. The predicted octanol–water partition coefficient (Wildman–Crippen LogP) is 13.9. The molecular formula is C55H32N6O2. The van der Waals surface area contributed by atoms with Crippen LogP contribution in [0.4, 0.5) is 0 Å². The van der Waals surface area contributed by atoms with Gasteiger partial charge in [0.25, 0.3) is 0 Å². The van der Waals surface area contributed by atoms with Crippen LogP contribution in [0.5, 0.6) is 0 Å². The van der Waals surface area contributed by atoms with Gasteiger partial charge in [-0.3, -0.25) is 0 Å². The van der Waals surface area contributed by atoms with Crippen molar-refractivity contribution < 1.29 is 8.83 Å². The molecule has 0 atom stereocenters. The molecular weight excluding hydrogens is 777 g/mol. The molecule has 8 aromatic carbocycles. The van der Waals surface area contributed by atoms with E-state index < -0.39 is 0 Å². The summed E-state index contributed by atoms with van der Waals surface area (Å²) in [5.74, 6) is 2.31. The lowest BCUT2D eigenvalue weighted by Gasteiger charge is -2.10. The van der Waals surface area contributed by atoms with Crippen molar-refractivity contribution >= 4 is 65.8 Å². The fourth-order valence-electron chi connectivity index (χ4n) is 8.97. The van der Waals surface area contributed by atoms with Crippen LogP contribution in [0.3, 0.4) is 0 Å². The van der Waals surface area contributed by atoms with Crippen LogP contribution < -0.4 is 0 Å². The number of para-hydroxylation sites is 3. The number of hydrogen-bond acceptors (Lipinski definition) is 7. The lowest BCUT2D eigenvalue weighted by Crippen LogP contribution is -2.00. The van der Waals surface area contributed by atoms with E-state index in [9.17, 15) is 0 Å². The van der Waals surface area contributed by atoms with E-state index in [1.54, 1.807) is 0 Å². The highest BCUT2D eigenvalue weighted by molar-refractivity contribution is 6.14. The zero-order valence-corrected chi connectivity index (χ0v) is 33.5. The first-order valence-electron chi connectivity index (χ1n) is 20.8. The molecule has 0 aliphatic heterocycles. The lowest BCUT2D eigenvalue weighted by atomic mass is 10.0. The second-order valence-electron chi connectivity index (χ2n) is 15.6. The van der Waals surface area contributed by atoms with Gasteiger partial charge in [-0.25, -0.2) is 24.9 Å². The summed E-state index contributed by atoms with van der Waals surface area (Å²) in [4.78, 5) is 25.8. The molecule has 0 unspecified atom stereocenters. The van der Waals surface area contributed by atoms with Crippen molar-refractivity contribution in [3.8, 4) is 62.5 Å². The van der Waals surface area contributed by atoms with Gasteiger partial charge in [-0.15, -0.1) is 0 Å². The Morgan fingerprint density at radius 2 is 0.937 bits per heavy atom. The van der Waals surface area contributed by atoms with E-state index in [0.717, 1.165) is 93.7 Å². The van der Waals surface area contributed by atoms with Crippen molar-refractivity contribution in [3.63, 3.8) is 0 Å². The first-order valence-corrected chi connectivity index (χ1v) is 20.8. The topological polar surface area (TPSA) is 95.7 Å². The van der Waals surface area contributed by atoms with Gasteiger partial charge in [0.1, 0.15) is 28.0 Å². The maximum absolute atomic E-state index is 6.56. The SMILES string of the molecule is c1ccc(-c2nc(-c3ccc4c(c3)c3ccccc3n4-c3ccccc3)nc(-c3cccc4oc5ccc(-c6nc(-c7ccccc7)nc7c6oc6ccccc67)cc5c34)n2)cc1. The Balaban J connectivity index is 1.02. The van der Waals surface area contributed by atoms with E-state index in [2.05, 4.69) is 83.4 Å². The summed E-state index contributed by atoms with van der Waals surface area (Å²) in [7, 11) is 0. The molecule has 0 fully saturated rings. The number of benzene rings is 8. The fraction of sp³-hybridized carbons (Fsp3) is 0. The predicted molar refractivity (Wildman–Crippen MR) is 251 cm³/mol. The summed E-state index contributed by atoms with van der Waals surface area (Å²) in [6.07, 6.45) is 0. The Kier molecular flexibility index (Phi) is 7.74. The third-order valence-corrected chi connectivity index (χ3v) is 11.9. The van der Waals surface area contributed by atoms with Gasteiger partial charge in [0.05, 0.1) is 11.0 Å². The quantitative estimate of drug-likeness (QED) is 0.165. The highest BCUT2D eigenvalue weighted by atomic mass is 16.3. The normalized spacial score (nSPS) is 11.8. The van der Waals surface area contributed by atoms with E-state index in [1.807, 2.05) is 115 Å². The molecule has 13 aromatic rings. The molecule has 0 saturated heterocycles. The molecule has 294 valence electrons. The molecule has 0 spiro atoms. The number of fused-ring (bicyclic) bond motifs is 9. The summed E-state index contributed by atoms with van der Waals surface area (Å²) in [5.41, 5.74) is 12.0. The highest BCUT2D eigenvalue weighted by Crippen LogP contribution is 2.41. The lowest BCUT2D eigenvalue weighted by molar-refractivity contribution is 0.666. The average molecular weight is 809 g/mol. The van der Waals surface area contributed by atoms with Crippen molar-refractivity contribution in [2.75, 3.05) is 0 Å². The Bertz CT molecular complexity index is 3910. The average Bonchev–Trinajstić information content (AvgIpc) is 4.03. The zero-order valence-electron chi connectivity index (χ0n) is 33.5. The number of rotatable bonds is 6. The molecule has 8 heteroatoms. The molecule has 5 heterocycles. The Morgan fingerprint density at radius 1 is 0.349 bits per heavy atom. The van der Waals surface area contributed by atoms with Crippen LogP contribution in [0.25, 0.3) is 128 Å². The van der Waals surface area contributed by atoms with Gasteiger partial charge in [-0.1, -0.05) is 121 Å². The molecule has 0 N–H and O–H groups in total. The van der Waals surface area contributed by atoms with E-state index in [0.29, 0.717) is 34.6 Å². The van der Waals surface area contributed by atoms with Gasteiger partial charge in [-0.05, 0) is 72.8 Å². The summed E-state index contributed by atoms with van der Waals surface area (Å²) in [6.45, 7) is 0. The molecule has 0 aliphatic carbocycles. The van der Waals surface area contributed by atoms with Crippen LogP contribution >= 0.6 is 0 Å². The van der Waals surface area contributed by atoms with Crippen molar-refractivity contribution in [2.45, 2.75) is 0 Å². The van der Waals surface area contributed by atoms with Gasteiger partial charge >= 0.3 is 0 Å². The minimum Gasteiger partial charge on any atom is -0.456 e. The number of nitrogens with zero attached hydrogens (tertiary/aromatic N) is 6. The molecule has 0 radical (unpaired) electrons. The largest absolute Gasteiger partial charge is 0.456 e. The minimum absolute atomic E-state index is 0.539. The molecule has 0 saturated carbocycles. The van der Waals surface area contributed by atoms with Gasteiger partial charge in [-0.2, -0.15) is 0 Å². The first kappa shape index (κ1) is 35.0. The zero-order chi connectivity index (χ0) is 41.4. The van der Waals surface area contributed by atoms with Gasteiger partial charge < -0.3 is 13.4 Å². The second kappa shape index (κ2) is 13.9. The summed E-state index contributed by atoms with van der Waals surface area (Å²) >= 11 is 0. The van der Waals surface area contributed by atoms with Crippen molar-refractivity contribution in [1.82, 2.24) is 29.5 Å². The number of furan rings is 2. The molecule has 8 nitrogen and oxygen atoms in total. The van der Waals surface area contributed by atoms with Crippen LogP contribution in [-0.4, -0.2) is 29.5 Å². The van der Waals surface area contributed by atoms with Crippen LogP contribution in [-0.2, 0) is 0 Å². The molecule has 0 aliphatic rings. The smallest absolute Gasteiger partial charge is 0.180 e. The molecule has 5 aromatic heterocycles. The molecule has 63 heavy (non-hydrogen) atoms. The van der Waals surface area contributed by atoms with Gasteiger partial charge in [0.2, 0.25) is 0 Å². The fourth-order valence-corrected chi connectivity index (χ4v) is 8.97. The second-order valence-corrected chi connectivity index (χ2v) is 15.6. The van der Waals surface area contributed by atoms with E-state index in [1.165, 1.54) is 0 Å². The van der Waals surface area contributed by atoms with Crippen LogP contribution in [0.15, 0.2) is 203 Å². The van der Waals surface area contributed by atoms with Crippen LogP contribution in [0.1, 0.15) is 0 Å². The standard InChI is InChI=1S/C55H32N6O2/c1-4-15-33(16-5-1)52-56-49(51-50(57-52)39-22-11-13-25-45(39)63-51)35-28-30-46-42(31-35)48-40(23-14-26-47(48)62-46)55-59-53(34-17-6-2-7-18-34)58-54(60-55)36-27-29-44-41(32-36)38-21-10-12-24-43(38)61(44)37-19-8-3-9-20-37/h1-32H. The number of aromatic nitrogens is 6. The van der Waals surface area contributed by atoms with Crippen molar-refractivity contribution in [2.24, 2.45) is 0 Å². The van der Waals surface area contributed by atoms with Crippen LogP contribution in [0.2, 0.25) is 0 Å².